The van der Waals surface area contributed by atoms with Crippen LogP contribution in [0.2, 0.25) is 0 Å². The van der Waals surface area contributed by atoms with E-state index >= 15 is 0 Å². The van der Waals surface area contributed by atoms with Crippen LogP contribution in [-0.2, 0) is 39.3 Å². The van der Waals surface area contributed by atoms with Crippen LogP contribution < -0.4 is 10.2 Å². The maximum Gasteiger partial charge on any atom is 0.228 e. The Morgan fingerprint density at radius 2 is 1.93 bits per heavy atom. The predicted octanol–water partition coefficient (Wildman–Crippen LogP) is 5.52. The predicted molar refractivity (Wildman–Crippen MR) is 122 cm³/mol. The molecule has 3 aromatic rings. The number of thioether (sulfide) groups is 1. The SMILES string of the molecule is Cc1ccc2nc(N3CCSc4ccccc4C3)nc(NC[C-](C)C)c2c1.[CH3-].[Y]. The van der Waals surface area contributed by atoms with Gasteiger partial charge in [-0.3, -0.25) is 0 Å². The van der Waals surface area contributed by atoms with Gasteiger partial charge in [-0.2, -0.15) is 18.8 Å². The quantitative estimate of drug-likeness (QED) is 0.497. The molecule has 1 aliphatic rings. The second-order valence-corrected chi connectivity index (χ2v) is 8.47. The largest absolute Gasteiger partial charge is 0.399 e. The summed E-state index contributed by atoms with van der Waals surface area (Å²) in [6, 6.07) is 15.0. The average molecular weight is 481 g/mol. The fourth-order valence-corrected chi connectivity index (χ4v) is 4.29. The van der Waals surface area contributed by atoms with Gasteiger partial charge in [0.25, 0.3) is 0 Å². The molecule has 1 radical (unpaired) electrons. The molecule has 0 amide bonds. The van der Waals surface area contributed by atoms with E-state index in [-0.39, 0.29) is 40.1 Å². The van der Waals surface area contributed by atoms with Gasteiger partial charge in [0, 0.05) is 61.8 Å². The molecule has 2 aromatic carbocycles. The molecule has 4 nitrogen and oxygen atoms in total. The van der Waals surface area contributed by atoms with Crippen molar-refractivity contribution in [3.63, 3.8) is 0 Å². The maximum atomic E-state index is 4.93. The second kappa shape index (κ2) is 10.7. The van der Waals surface area contributed by atoms with Crippen molar-refractivity contribution in [3.8, 4) is 0 Å². The minimum atomic E-state index is 0. The Morgan fingerprint density at radius 1 is 1.14 bits per heavy atom. The molecular weight excluding hydrogens is 453 g/mol. The molecule has 1 aliphatic heterocycles. The number of hydrogen-bond acceptors (Lipinski definition) is 5. The van der Waals surface area contributed by atoms with E-state index in [2.05, 4.69) is 73.5 Å². The Morgan fingerprint density at radius 3 is 2.72 bits per heavy atom. The van der Waals surface area contributed by atoms with Crippen LogP contribution in [-0.4, -0.2) is 28.8 Å². The Kier molecular flexibility index (Phi) is 8.93. The van der Waals surface area contributed by atoms with E-state index in [0.29, 0.717) is 0 Å². The summed E-state index contributed by atoms with van der Waals surface area (Å²) in [5.41, 5.74) is 3.56. The van der Waals surface area contributed by atoms with Crippen LogP contribution in [0.25, 0.3) is 10.9 Å². The molecule has 2 heterocycles. The zero-order valence-corrected chi connectivity index (χ0v) is 21.4. The van der Waals surface area contributed by atoms with E-state index in [1.165, 1.54) is 21.9 Å². The maximum absolute atomic E-state index is 4.93. The first-order chi connectivity index (χ1) is 13.1. The van der Waals surface area contributed by atoms with Crippen molar-refractivity contribution in [3.05, 3.63) is 66.9 Å². The first-order valence-electron chi connectivity index (χ1n) is 9.37. The summed E-state index contributed by atoms with van der Waals surface area (Å²) in [4.78, 5) is 13.5. The molecular formula is C23H28N4SY-2. The molecule has 0 saturated carbocycles. The third-order valence-corrected chi connectivity index (χ3v) is 5.78. The van der Waals surface area contributed by atoms with Gasteiger partial charge in [0.1, 0.15) is 5.82 Å². The summed E-state index contributed by atoms with van der Waals surface area (Å²) < 4.78 is 0. The summed E-state index contributed by atoms with van der Waals surface area (Å²) in [6.45, 7) is 8.97. The normalized spacial score (nSPS) is 13.3. The number of fused-ring (bicyclic) bond motifs is 2. The third kappa shape index (κ3) is 5.71. The number of aromatic nitrogens is 2. The molecule has 0 atom stereocenters. The van der Waals surface area contributed by atoms with Crippen LogP contribution in [0.4, 0.5) is 11.8 Å². The van der Waals surface area contributed by atoms with Crippen molar-refractivity contribution in [2.24, 2.45) is 0 Å². The molecule has 0 saturated heterocycles. The minimum absolute atomic E-state index is 0. The number of benzene rings is 2. The first kappa shape index (κ1) is 24.1. The van der Waals surface area contributed by atoms with Gasteiger partial charge in [0.15, 0.2) is 0 Å². The molecule has 6 heteroatoms. The summed E-state index contributed by atoms with van der Waals surface area (Å²) >= 11 is 1.92. The zero-order chi connectivity index (χ0) is 18.8. The third-order valence-electron chi connectivity index (χ3n) is 4.68. The van der Waals surface area contributed by atoms with Gasteiger partial charge in [-0.15, -0.1) is 18.3 Å². The van der Waals surface area contributed by atoms with Crippen LogP contribution in [0, 0.1) is 20.3 Å². The van der Waals surface area contributed by atoms with Crippen LogP contribution in [0.3, 0.4) is 0 Å². The van der Waals surface area contributed by atoms with Crippen molar-refractivity contribution < 1.29 is 32.7 Å². The molecule has 0 bridgehead atoms. The fraction of sp³-hybridized carbons (Fsp3) is 0.304. The first-order valence-corrected chi connectivity index (χ1v) is 10.4. The van der Waals surface area contributed by atoms with Crippen molar-refractivity contribution in [1.29, 1.82) is 0 Å². The topological polar surface area (TPSA) is 41.1 Å². The van der Waals surface area contributed by atoms with Crippen molar-refractivity contribution in [2.75, 3.05) is 29.1 Å². The number of anilines is 2. The smallest absolute Gasteiger partial charge is 0.228 e. The molecule has 4 rings (SSSR count). The van der Waals surface area contributed by atoms with Crippen LogP contribution in [0.1, 0.15) is 25.0 Å². The number of nitrogens with zero attached hydrogens (tertiary/aromatic N) is 3. The van der Waals surface area contributed by atoms with E-state index in [9.17, 15) is 0 Å². The van der Waals surface area contributed by atoms with Gasteiger partial charge in [-0.25, -0.2) is 4.98 Å². The molecule has 0 unspecified atom stereocenters. The number of hydrogen-bond donors (Lipinski definition) is 1. The van der Waals surface area contributed by atoms with Crippen molar-refractivity contribution in [1.82, 2.24) is 9.97 Å². The van der Waals surface area contributed by atoms with Gasteiger partial charge in [-0.05, 0) is 30.7 Å². The van der Waals surface area contributed by atoms with Gasteiger partial charge in [0.05, 0.1) is 5.52 Å². The van der Waals surface area contributed by atoms with Crippen LogP contribution in [0.15, 0.2) is 47.4 Å². The molecule has 0 aliphatic carbocycles. The van der Waals surface area contributed by atoms with E-state index in [1.54, 1.807) is 0 Å². The Labute approximate surface area is 204 Å². The molecule has 1 aromatic heterocycles. The zero-order valence-electron chi connectivity index (χ0n) is 17.7. The molecule has 151 valence electrons. The standard InChI is InChI=1S/C22H25N4S.CH3.Y/c1-15(2)13-23-21-18-12-16(3)8-9-19(18)24-22(25-21)26-10-11-27-20-7-5-4-6-17(20)14-26;;/h4-9,12H,10-11,13-14H2,1-3H3,(H,23,24,25);1H3;/q2*-1;. The summed E-state index contributed by atoms with van der Waals surface area (Å²) in [6.07, 6.45) is 0. The van der Waals surface area contributed by atoms with Crippen molar-refractivity contribution >= 4 is 34.4 Å². The fourth-order valence-electron chi connectivity index (χ4n) is 3.26. The Balaban J connectivity index is 0.00000150. The van der Waals surface area contributed by atoms with E-state index in [1.807, 2.05) is 11.8 Å². The van der Waals surface area contributed by atoms with E-state index < -0.39 is 0 Å². The second-order valence-electron chi connectivity index (χ2n) is 7.33. The molecule has 1 N–H and O–H groups in total. The van der Waals surface area contributed by atoms with Crippen molar-refractivity contribution in [2.45, 2.75) is 32.2 Å². The number of aryl methyl sites for hydroxylation is 1. The molecule has 29 heavy (non-hydrogen) atoms. The molecule has 0 spiro atoms. The number of nitrogens with one attached hydrogen (secondary N) is 1. The van der Waals surface area contributed by atoms with Gasteiger partial charge < -0.3 is 23.6 Å². The summed E-state index contributed by atoms with van der Waals surface area (Å²) in [5.74, 6) is 4.10. The number of rotatable bonds is 4. The average Bonchev–Trinajstić information content (AvgIpc) is 2.88. The van der Waals surface area contributed by atoms with Gasteiger partial charge in [0.2, 0.25) is 5.95 Å². The minimum Gasteiger partial charge on any atom is -0.399 e. The van der Waals surface area contributed by atoms with Gasteiger partial charge >= 0.3 is 0 Å². The van der Waals surface area contributed by atoms with E-state index in [4.69, 9.17) is 9.97 Å². The van der Waals surface area contributed by atoms with Crippen LogP contribution in [0.5, 0.6) is 0 Å². The molecule has 0 fully saturated rings. The van der Waals surface area contributed by atoms with Gasteiger partial charge in [-0.1, -0.05) is 29.8 Å². The monoisotopic (exact) mass is 481 g/mol. The Bertz CT molecular complexity index is 961. The van der Waals surface area contributed by atoms with Crippen LogP contribution >= 0.6 is 11.8 Å². The summed E-state index contributed by atoms with van der Waals surface area (Å²) in [7, 11) is 0. The summed E-state index contributed by atoms with van der Waals surface area (Å²) in [5, 5.41) is 4.60. The Hall–Kier alpha value is -1.17. The van der Waals surface area contributed by atoms with E-state index in [0.717, 1.165) is 48.1 Å².